The molecule has 0 spiro atoms. The third-order valence-electron chi connectivity index (χ3n) is 5.27. The smallest absolute Gasteiger partial charge is 0.220 e. The number of carbonyl (C=O) groups is 1. The SMILES string of the molecule is COc1ccc(CCC(=O)NCCS(=O)(=O)N2CCc3cc(OC)ccc3C2)cc1. The number of rotatable bonds is 9. The van der Waals surface area contributed by atoms with E-state index in [1.165, 1.54) is 4.31 Å². The zero-order chi connectivity index (χ0) is 21.6. The number of methoxy groups -OCH3 is 2. The van der Waals surface area contributed by atoms with Gasteiger partial charge in [0.2, 0.25) is 15.9 Å². The third-order valence-corrected chi connectivity index (χ3v) is 7.08. The number of aryl methyl sites for hydroxylation is 1. The van der Waals surface area contributed by atoms with Crippen LogP contribution in [0.2, 0.25) is 0 Å². The number of ether oxygens (including phenoxy) is 2. The molecular formula is C22H28N2O5S. The van der Waals surface area contributed by atoms with Crippen molar-refractivity contribution in [1.29, 1.82) is 0 Å². The van der Waals surface area contributed by atoms with Crippen LogP contribution in [0.1, 0.15) is 23.1 Å². The van der Waals surface area contributed by atoms with Crippen LogP contribution in [0.15, 0.2) is 42.5 Å². The molecule has 1 amide bonds. The molecular weight excluding hydrogens is 404 g/mol. The van der Waals surface area contributed by atoms with Crippen molar-refractivity contribution in [2.24, 2.45) is 0 Å². The zero-order valence-corrected chi connectivity index (χ0v) is 18.2. The van der Waals surface area contributed by atoms with Crippen LogP contribution in [0.3, 0.4) is 0 Å². The van der Waals surface area contributed by atoms with E-state index in [2.05, 4.69) is 5.32 Å². The van der Waals surface area contributed by atoms with Crippen molar-refractivity contribution in [3.8, 4) is 11.5 Å². The summed E-state index contributed by atoms with van der Waals surface area (Å²) in [6, 6.07) is 13.3. The predicted octanol–water partition coefficient (Wildman–Crippen LogP) is 2.14. The van der Waals surface area contributed by atoms with Gasteiger partial charge in [-0.05, 0) is 53.8 Å². The topological polar surface area (TPSA) is 84.9 Å². The van der Waals surface area contributed by atoms with Gasteiger partial charge in [0.25, 0.3) is 0 Å². The minimum Gasteiger partial charge on any atom is -0.497 e. The van der Waals surface area contributed by atoms with Crippen molar-refractivity contribution >= 4 is 15.9 Å². The maximum atomic E-state index is 12.7. The van der Waals surface area contributed by atoms with Crippen molar-refractivity contribution < 1.29 is 22.7 Å². The first kappa shape index (κ1) is 22.1. The minimum atomic E-state index is -3.44. The highest BCUT2D eigenvalue weighted by Gasteiger charge is 2.26. The van der Waals surface area contributed by atoms with E-state index in [0.29, 0.717) is 32.4 Å². The van der Waals surface area contributed by atoms with Crippen LogP contribution in [-0.2, 0) is 34.2 Å². The lowest BCUT2D eigenvalue weighted by Gasteiger charge is -2.28. The fourth-order valence-corrected chi connectivity index (χ4v) is 4.78. The van der Waals surface area contributed by atoms with Gasteiger partial charge in [0.05, 0.1) is 20.0 Å². The lowest BCUT2D eigenvalue weighted by Crippen LogP contribution is -2.40. The standard InChI is InChI=1S/C22H28N2O5S/c1-28-20-7-3-17(4-8-20)5-10-22(25)23-12-14-30(26,27)24-13-11-18-15-21(29-2)9-6-19(18)16-24/h3-4,6-9,15H,5,10-14,16H2,1-2H3,(H,23,25). The van der Waals surface area contributed by atoms with Crippen LogP contribution in [0.5, 0.6) is 11.5 Å². The molecule has 7 nitrogen and oxygen atoms in total. The lowest BCUT2D eigenvalue weighted by atomic mass is 10.0. The van der Waals surface area contributed by atoms with Gasteiger partial charge >= 0.3 is 0 Å². The first-order valence-electron chi connectivity index (χ1n) is 9.94. The Morgan fingerprint density at radius 1 is 1.03 bits per heavy atom. The van der Waals surface area contributed by atoms with E-state index in [1.54, 1.807) is 14.2 Å². The van der Waals surface area contributed by atoms with E-state index in [1.807, 2.05) is 42.5 Å². The van der Waals surface area contributed by atoms with Crippen molar-refractivity contribution in [1.82, 2.24) is 9.62 Å². The quantitative estimate of drug-likeness (QED) is 0.656. The average Bonchev–Trinajstić information content (AvgIpc) is 2.77. The summed E-state index contributed by atoms with van der Waals surface area (Å²) in [5.74, 6) is 1.29. The number of nitrogens with one attached hydrogen (secondary N) is 1. The van der Waals surface area contributed by atoms with Gasteiger partial charge in [-0.1, -0.05) is 18.2 Å². The Kier molecular flexibility index (Phi) is 7.33. The molecule has 0 unspecified atom stereocenters. The van der Waals surface area contributed by atoms with E-state index >= 15 is 0 Å². The second kappa shape index (κ2) is 9.95. The largest absolute Gasteiger partial charge is 0.497 e. The Balaban J connectivity index is 1.44. The van der Waals surface area contributed by atoms with Gasteiger partial charge in [-0.15, -0.1) is 0 Å². The van der Waals surface area contributed by atoms with Crippen LogP contribution in [-0.4, -0.2) is 51.7 Å². The van der Waals surface area contributed by atoms with E-state index in [-0.39, 0.29) is 18.2 Å². The Morgan fingerprint density at radius 2 is 1.73 bits per heavy atom. The lowest BCUT2D eigenvalue weighted by molar-refractivity contribution is -0.120. The van der Waals surface area contributed by atoms with E-state index < -0.39 is 10.0 Å². The number of hydrogen-bond donors (Lipinski definition) is 1. The number of sulfonamides is 1. The Labute approximate surface area is 178 Å². The van der Waals surface area contributed by atoms with Crippen LogP contribution >= 0.6 is 0 Å². The molecule has 1 N–H and O–H groups in total. The third kappa shape index (κ3) is 5.73. The molecule has 0 saturated heterocycles. The van der Waals surface area contributed by atoms with Gasteiger partial charge < -0.3 is 14.8 Å². The number of hydrogen-bond acceptors (Lipinski definition) is 5. The highest BCUT2D eigenvalue weighted by atomic mass is 32.2. The van der Waals surface area contributed by atoms with Gasteiger partial charge in [0.15, 0.2) is 0 Å². The molecule has 0 saturated carbocycles. The molecule has 0 bridgehead atoms. The van der Waals surface area contributed by atoms with Crippen LogP contribution in [0.4, 0.5) is 0 Å². The predicted molar refractivity (Wildman–Crippen MR) is 115 cm³/mol. The van der Waals surface area contributed by atoms with Crippen molar-refractivity contribution in [3.63, 3.8) is 0 Å². The van der Waals surface area contributed by atoms with Gasteiger partial charge in [0, 0.05) is 26.1 Å². The number of carbonyl (C=O) groups excluding carboxylic acids is 1. The zero-order valence-electron chi connectivity index (χ0n) is 17.4. The van der Waals surface area contributed by atoms with Crippen LogP contribution in [0.25, 0.3) is 0 Å². The van der Waals surface area contributed by atoms with E-state index in [0.717, 1.165) is 28.2 Å². The summed E-state index contributed by atoms with van der Waals surface area (Å²) in [5.41, 5.74) is 3.14. The molecule has 30 heavy (non-hydrogen) atoms. The molecule has 0 aliphatic carbocycles. The summed E-state index contributed by atoms with van der Waals surface area (Å²) in [6.45, 7) is 0.900. The first-order valence-corrected chi connectivity index (χ1v) is 11.6. The summed E-state index contributed by atoms with van der Waals surface area (Å²) in [4.78, 5) is 12.1. The number of benzene rings is 2. The fraction of sp³-hybridized carbons (Fsp3) is 0.409. The van der Waals surface area contributed by atoms with Crippen molar-refractivity contribution in [3.05, 3.63) is 59.2 Å². The fourth-order valence-electron chi connectivity index (χ4n) is 3.45. The summed E-state index contributed by atoms with van der Waals surface area (Å²) in [5, 5.41) is 2.72. The molecule has 1 heterocycles. The van der Waals surface area contributed by atoms with Gasteiger partial charge in [-0.2, -0.15) is 4.31 Å². The molecule has 8 heteroatoms. The normalized spacial score (nSPS) is 14.1. The van der Waals surface area contributed by atoms with E-state index in [4.69, 9.17) is 9.47 Å². The molecule has 0 fully saturated rings. The molecule has 1 aliphatic rings. The Morgan fingerprint density at radius 3 is 2.43 bits per heavy atom. The molecule has 0 atom stereocenters. The molecule has 2 aromatic rings. The summed E-state index contributed by atoms with van der Waals surface area (Å²) >= 11 is 0. The van der Waals surface area contributed by atoms with Gasteiger partial charge in [0.1, 0.15) is 11.5 Å². The second-order valence-electron chi connectivity index (χ2n) is 7.23. The minimum absolute atomic E-state index is 0.104. The molecule has 0 radical (unpaired) electrons. The van der Waals surface area contributed by atoms with Gasteiger partial charge in [-0.3, -0.25) is 4.79 Å². The van der Waals surface area contributed by atoms with Crippen LogP contribution < -0.4 is 14.8 Å². The van der Waals surface area contributed by atoms with E-state index in [9.17, 15) is 13.2 Å². The highest BCUT2D eigenvalue weighted by Crippen LogP contribution is 2.25. The monoisotopic (exact) mass is 432 g/mol. The Bertz CT molecular complexity index is 974. The summed E-state index contributed by atoms with van der Waals surface area (Å²) < 4.78 is 37.2. The number of amides is 1. The maximum Gasteiger partial charge on any atom is 0.220 e. The van der Waals surface area contributed by atoms with Gasteiger partial charge in [-0.25, -0.2) is 8.42 Å². The molecule has 0 aromatic heterocycles. The van der Waals surface area contributed by atoms with Crippen LogP contribution in [0, 0.1) is 0 Å². The average molecular weight is 433 g/mol. The molecule has 162 valence electrons. The summed E-state index contributed by atoms with van der Waals surface area (Å²) in [6.07, 6.45) is 1.56. The summed E-state index contributed by atoms with van der Waals surface area (Å²) in [7, 11) is -0.214. The van der Waals surface area contributed by atoms with Crippen molar-refractivity contribution in [2.45, 2.75) is 25.8 Å². The molecule has 3 rings (SSSR count). The first-order chi connectivity index (χ1) is 14.4. The maximum absolute atomic E-state index is 12.7. The number of nitrogens with zero attached hydrogens (tertiary/aromatic N) is 1. The van der Waals surface area contributed by atoms with Crippen molar-refractivity contribution in [2.75, 3.05) is 33.1 Å². The molecule has 2 aromatic carbocycles. The number of fused-ring (bicyclic) bond motifs is 1. The Hall–Kier alpha value is -2.58. The molecule has 1 aliphatic heterocycles. The highest BCUT2D eigenvalue weighted by molar-refractivity contribution is 7.89. The second-order valence-corrected chi connectivity index (χ2v) is 9.32.